The second kappa shape index (κ2) is 10.3. The summed E-state index contributed by atoms with van der Waals surface area (Å²) in [4.78, 5) is 13.0. The van der Waals surface area contributed by atoms with Gasteiger partial charge in [0.1, 0.15) is 0 Å². The van der Waals surface area contributed by atoms with Crippen LogP contribution in [0.3, 0.4) is 0 Å². The molecule has 0 aliphatic carbocycles. The van der Waals surface area contributed by atoms with Gasteiger partial charge in [-0.3, -0.25) is 15.0 Å². The van der Waals surface area contributed by atoms with Crippen molar-refractivity contribution in [3.63, 3.8) is 0 Å². The van der Waals surface area contributed by atoms with Crippen LogP contribution in [0.1, 0.15) is 24.0 Å². The fourth-order valence-electron chi connectivity index (χ4n) is 2.26. The van der Waals surface area contributed by atoms with Gasteiger partial charge in [-0.15, -0.1) is 37.2 Å². The van der Waals surface area contributed by atoms with Crippen molar-refractivity contribution in [1.29, 1.82) is 0 Å². The van der Waals surface area contributed by atoms with Crippen molar-refractivity contribution in [1.82, 2.24) is 9.97 Å². The van der Waals surface area contributed by atoms with E-state index in [1.807, 2.05) is 24.5 Å². The Morgan fingerprint density at radius 3 is 2.27 bits per heavy atom. The van der Waals surface area contributed by atoms with Crippen molar-refractivity contribution in [2.24, 2.45) is 4.99 Å². The molecule has 2 aromatic rings. The molecule has 118 valence electrons. The minimum atomic E-state index is 0. The van der Waals surface area contributed by atoms with Crippen LogP contribution < -0.4 is 0 Å². The van der Waals surface area contributed by atoms with E-state index in [1.165, 1.54) is 5.57 Å². The summed E-state index contributed by atoms with van der Waals surface area (Å²) in [5.41, 5.74) is 4.56. The zero-order chi connectivity index (χ0) is 12.9. The van der Waals surface area contributed by atoms with Crippen LogP contribution in [0.2, 0.25) is 0 Å². The number of nitrogens with zero attached hydrogens (tertiary/aromatic N) is 3. The Kier molecular flexibility index (Phi) is 9.66. The first-order valence-electron chi connectivity index (χ1n) is 6.49. The summed E-state index contributed by atoms with van der Waals surface area (Å²) in [6, 6.07) is 8.04. The van der Waals surface area contributed by atoms with Gasteiger partial charge in [-0.25, -0.2) is 0 Å². The van der Waals surface area contributed by atoms with Crippen LogP contribution in [-0.2, 0) is 0 Å². The van der Waals surface area contributed by atoms with Crippen LogP contribution in [0.4, 0.5) is 0 Å². The molecule has 0 radical (unpaired) electrons. The van der Waals surface area contributed by atoms with Gasteiger partial charge in [0.25, 0.3) is 0 Å². The maximum atomic E-state index is 4.67. The third kappa shape index (κ3) is 5.09. The van der Waals surface area contributed by atoms with Crippen LogP contribution in [0, 0.1) is 0 Å². The van der Waals surface area contributed by atoms with E-state index >= 15 is 0 Å². The number of rotatable bonds is 2. The Bertz CT molecular complexity index is 613. The molecule has 1 aliphatic rings. The van der Waals surface area contributed by atoms with Gasteiger partial charge in [0.2, 0.25) is 0 Å². The summed E-state index contributed by atoms with van der Waals surface area (Å²) in [7, 11) is 0. The van der Waals surface area contributed by atoms with Crippen molar-refractivity contribution >= 4 is 49.0 Å². The molecule has 2 aromatic heterocycles. The highest BCUT2D eigenvalue weighted by Gasteiger charge is 2.13. The summed E-state index contributed by atoms with van der Waals surface area (Å²) >= 11 is 0. The molecule has 3 nitrogen and oxygen atoms in total. The molecule has 3 heterocycles. The second-order valence-electron chi connectivity index (χ2n) is 4.53. The Morgan fingerprint density at radius 1 is 0.909 bits per heavy atom. The number of allylic oxidation sites excluding steroid dienone is 1. The van der Waals surface area contributed by atoms with Crippen LogP contribution in [0.25, 0.3) is 6.08 Å². The Hall–Kier alpha value is -1.42. The number of aliphatic imine (C=N–C) groups is 1. The molecule has 0 aromatic carbocycles. The molecule has 6 heteroatoms. The lowest BCUT2D eigenvalue weighted by Crippen LogP contribution is -2.11. The standard InChI is InChI=1S/C16H15N3.3ClH/c1-4-13(11-17-7-1)10-14-5-3-9-19-16(14)15-6-2-8-18-12-15;;;/h1-2,4,6-8,10-12H,3,5,9H2;3*1H. The summed E-state index contributed by atoms with van der Waals surface area (Å²) < 4.78 is 0. The van der Waals surface area contributed by atoms with E-state index in [4.69, 9.17) is 0 Å². The highest BCUT2D eigenvalue weighted by Crippen LogP contribution is 2.21. The normalized spacial score (nSPS) is 14.9. The van der Waals surface area contributed by atoms with Gasteiger partial charge < -0.3 is 0 Å². The first-order chi connectivity index (χ1) is 9.43. The number of aromatic nitrogens is 2. The van der Waals surface area contributed by atoms with E-state index in [1.54, 1.807) is 12.4 Å². The Morgan fingerprint density at radius 2 is 1.64 bits per heavy atom. The fraction of sp³-hybridized carbons (Fsp3) is 0.188. The molecule has 1 aliphatic heterocycles. The van der Waals surface area contributed by atoms with E-state index in [2.05, 4.69) is 33.2 Å². The molecule has 0 spiro atoms. The summed E-state index contributed by atoms with van der Waals surface area (Å²) in [5, 5.41) is 0. The molecule has 0 unspecified atom stereocenters. The lowest BCUT2D eigenvalue weighted by molar-refractivity contribution is 0.818. The van der Waals surface area contributed by atoms with E-state index in [-0.39, 0.29) is 37.2 Å². The summed E-state index contributed by atoms with van der Waals surface area (Å²) in [5.74, 6) is 0. The Balaban J connectivity index is 0.00000147. The minimum Gasteiger partial charge on any atom is -0.284 e. The smallest absolute Gasteiger partial charge is 0.0694 e. The van der Waals surface area contributed by atoms with Crippen LogP contribution in [0.15, 0.2) is 59.6 Å². The zero-order valence-electron chi connectivity index (χ0n) is 11.9. The molecular formula is C16H18Cl3N3. The van der Waals surface area contributed by atoms with Crippen LogP contribution in [-0.4, -0.2) is 22.2 Å². The van der Waals surface area contributed by atoms with E-state index in [0.29, 0.717) is 0 Å². The number of pyridine rings is 2. The molecule has 0 saturated carbocycles. The highest BCUT2D eigenvalue weighted by molar-refractivity contribution is 6.15. The molecule has 3 rings (SSSR count). The topological polar surface area (TPSA) is 38.1 Å². The van der Waals surface area contributed by atoms with Gasteiger partial charge in [-0.2, -0.15) is 0 Å². The highest BCUT2D eigenvalue weighted by atomic mass is 35.5. The lowest BCUT2D eigenvalue weighted by atomic mass is 9.95. The molecule has 0 bridgehead atoms. The quantitative estimate of drug-likeness (QED) is 0.797. The van der Waals surface area contributed by atoms with Gasteiger partial charge >= 0.3 is 0 Å². The molecule has 0 atom stereocenters. The summed E-state index contributed by atoms with van der Waals surface area (Å²) in [6.45, 7) is 0.897. The van der Waals surface area contributed by atoms with Gasteiger partial charge in [-0.05, 0) is 48.3 Å². The fourth-order valence-corrected chi connectivity index (χ4v) is 2.26. The van der Waals surface area contributed by atoms with Crippen molar-refractivity contribution in [2.75, 3.05) is 6.54 Å². The average molecular weight is 359 g/mol. The van der Waals surface area contributed by atoms with E-state index in [9.17, 15) is 0 Å². The van der Waals surface area contributed by atoms with Crippen molar-refractivity contribution in [3.05, 3.63) is 65.8 Å². The number of hydrogen-bond acceptors (Lipinski definition) is 3. The van der Waals surface area contributed by atoms with E-state index in [0.717, 1.165) is 36.2 Å². The molecule has 22 heavy (non-hydrogen) atoms. The summed E-state index contributed by atoms with van der Waals surface area (Å²) in [6.07, 6.45) is 11.7. The molecule has 0 saturated heterocycles. The lowest BCUT2D eigenvalue weighted by Gasteiger charge is -2.16. The van der Waals surface area contributed by atoms with Crippen LogP contribution in [0.5, 0.6) is 0 Å². The number of halogens is 3. The predicted molar refractivity (Wildman–Crippen MR) is 98.8 cm³/mol. The van der Waals surface area contributed by atoms with Gasteiger partial charge in [0, 0.05) is 36.9 Å². The van der Waals surface area contributed by atoms with Crippen molar-refractivity contribution in [2.45, 2.75) is 12.8 Å². The van der Waals surface area contributed by atoms with Crippen molar-refractivity contribution < 1.29 is 0 Å². The van der Waals surface area contributed by atoms with E-state index < -0.39 is 0 Å². The van der Waals surface area contributed by atoms with Gasteiger partial charge in [0.05, 0.1) is 5.71 Å². The monoisotopic (exact) mass is 357 g/mol. The minimum absolute atomic E-state index is 0. The predicted octanol–water partition coefficient (Wildman–Crippen LogP) is 4.41. The third-order valence-corrected chi connectivity index (χ3v) is 3.14. The van der Waals surface area contributed by atoms with Crippen molar-refractivity contribution in [3.8, 4) is 0 Å². The largest absolute Gasteiger partial charge is 0.284 e. The second-order valence-corrected chi connectivity index (χ2v) is 4.53. The maximum Gasteiger partial charge on any atom is 0.0694 e. The SMILES string of the molecule is C(=C1CCCN=C1c1cccnc1)c1cccnc1.Cl.Cl.Cl. The first-order valence-corrected chi connectivity index (χ1v) is 6.49. The van der Waals surface area contributed by atoms with Crippen LogP contribution >= 0.6 is 37.2 Å². The van der Waals surface area contributed by atoms with Gasteiger partial charge in [0.15, 0.2) is 0 Å². The molecule has 0 fully saturated rings. The zero-order valence-corrected chi connectivity index (χ0v) is 14.3. The first kappa shape index (κ1) is 20.6. The number of hydrogen-bond donors (Lipinski definition) is 0. The average Bonchev–Trinajstić information content (AvgIpc) is 2.50. The molecule has 0 amide bonds. The molecule has 0 N–H and O–H groups in total. The van der Waals surface area contributed by atoms with Gasteiger partial charge in [-0.1, -0.05) is 6.07 Å². The maximum absolute atomic E-state index is 4.67. The molecular weight excluding hydrogens is 341 g/mol. The third-order valence-electron chi connectivity index (χ3n) is 3.14. The Labute approximate surface area is 149 Å².